The summed E-state index contributed by atoms with van der Waals surface area (Å²) in [6, 6.07) is 0. The second-order valence-corrected chi connectivity index (χ2v) is 2.35. The van der Waals surface area contributed by atoms with Crippen molar-refractivity contribution in [2.45, 2.75) is 12.5 Å². The number of aliphatic imine (C=N–C) groups is 1. The Labute approximate surface area is 49.1 Å². The first-order chi connectivity index (χ1) is 3.71. The number of hydrogen-bond acceptors (Lipinski definition) is 2. The van der Waals surface area contributed by atoms with Gasteiger partial charge in [-0.2, -0.15) is 0 Å². The molecule has 0 radical (unpaired) electrons. The number of hydrogen-bond donors (Lipinski definition) is 1. The van der Waals surface area contributed by atoms with Crippen LogP contribution in [0.25, 0.3) is 0 Å². The second-order valence-electron chi connectivity index (χ2n) is 2.35. The lowest BCUT2D eigenvalue weighted by Crippen LogP contribution is -2.38. The van der Waals surface area contributed by atoms with E-state index in [9.17, 15) is 0 Å². The van der Waals surface area contributed by atoms with Crippen molar-refractivity contribution < 1.29 is 0 Å². The molecule has 1 heterocycles. The highest BCUT2D eigenvalue weighted by molar-refractivity contribution is 5.72. The number of dihydropyridines is 1. The first-order valence-electron chi connectivity index (χ1n) is 2.67. The fourth-order valence-corrected chi connectivity index (χ4v) is 0.626. The molecule has 0 aliphatic carbocycles. The maximum atomic E-state index is 5.68. The summed E-state index contributed by atoms with van der Waals surface area (Å²) in [6.07, 6.45) is 5.61. The van der Waals surface area contributed by atoms with Crippen molar-refractivity contribution in [1.29, 1.82) is 0 Å². The molecule has 0 aromatic rings. The van der Waals surface area contributed by atoms with Gasteiger partial charge in [0.2, 0.25) is 0 Å². The zero-order valence-corrected chi connectivity index (χ0v) is 4.96. The molecule has 1 unspecified atom stereocenters. The van der Waals surface area contributed by atoms with Gasteiger partial charge in [0.1, 0.15) is 0 Å². The molecule has 0 aromatic heterocycles. The lowest BCUT2D eigenvalue weighted by Gasteiger charge is -2.18. The lowest BCUT2D eigenvalue weighted by molar-refractivity contribution is 0.596. The van der Waals surface area contributed by atoms with Crippen molar-refractivity contribution in [1.82, 2.24) is 0 Å². The summed E-state index contributed by atoms with van der Waals surface area (Å²) in [7, 11) is 0. The van der Waals surface area contributed by atoms with E-state index in [2.05, 4.69) is 4.99 Å². The van der Waals surface area contributed by atoms with E-state index in [1.165, 1.54) is 0 Å². The normalized spacial score (nSPS) is 35.8. The van der Waals surface area contributed by atoms with Gasteiger partial charge in [0.05, 0.1) is 12.1 Å². The molecule has 0 aromatic carbocycles. The van der Waals surface area contributed by atoms with Gasteiger partial charge in [0.25, 0.3) is 0 Å². The zero-order chi connectivity index (χ0) is 6.04. The minimum atomic E-state index is -0.200. The minimum absolute atomic E-state index is 0.200. The third kappa shape index (κ3) is 1.17. The average Bonchev–Trinajstić information content (AvgIpc) is 1.65. The quantitative estimate of drug-likeness (QED) is 0.480. The molecule has 1 atom stereocenters. The van der Waals surface area contributed by atoms with Crippen LogP contribution in [0.15, 0.2) is 17.1 Å². The number of rotatable bonds is 0. The Balaban J connectivity index is 2.65. The molecule has 0 saturated heterocycles. The topological polar surface area (TPSA) is 38.4 Å². The summed E-state index contributed by atoms with van der Waals surface area (Å²) in [5.74, 6) is 0. The van der Waals surface area contributed by atoms with Gasteiger partial charge >= 0.3 is 0 Å². The van der Waals surface area contributed by atoms with Gasteiger partial charge < -0.3 is 5.73 Å². The first-order valence-corrected chi connectivity index (χ1v) is 2.67. The third-order valence-corrected chi connectivity index (χ3v) is 1.10. The van der Waals surface area contributed by atoms with Crippen LogP contribution in [-0.4, -0.2) is 18.3 Å². The molecule has 8 heavy (non-hydrogen) atoms. The van der Waals surface area contributed by atoms with Crippen molar-refractivity contribution in [2.24, 2.45) is 10.7 Å². The molecular weight excluding hydrogens is 100 g/mol. The predicted octanol–water partition coefficient (Wildman–Crippen LogP) is 0.344. The van der Waals surface area contributed by atoms with Gasteiger partial charge in [-0.05, 0) is 13.0 Å². The Morgan fingerprint density at radius 1 is 1.75 bits per heavy atom. The van der Waals surface area contributed by atoms with E-state index < -0.39 is 0 Å². The zero-order valence-electron chi connectivity index (χ0n) is 4.96. The largest absolute Gasteiger partial charge is 0.321 e. The molecule has 0 amide bonds. The van der Waals surface area contributed by atoms with Crippen LogP contribution in [0.2, 0.25) is 0 Å². The number of allylic oxidation sites excluding steroid dienone is 1. The van der Waals surface area contributed by atoms with Crippen LogP contribution in [0.5, 0.6) is 0 Å². The van der Waals surface area contributed by atoms with Crippen LogP contribution < -0.4 is 5.73 Å². The summed E-state index contributed by atoms with van der Waals surface area (Å²) in [4.78, 5) is 3.99. The van der Waals surface area contributed by atoms with E-state index in [4.69, 9.17) is 5.73 Å². The molecule has 44 valence electrons. The lowest BCUT2D eigenvalue weighted by atomic mass is 10.0. The summed E-state index contributed by atoms with van der Waals surface area (Å²) >= 11 is 0. The van der Waals surface area contributed by atoms with E-state index in [0.717, 1.165) is 0 Å². The molecule has 1 rings (SSSR count). The fourth-order valence-electron chi connectivity index (χ4n) is 0.626. The molecule has 1 aliphatic heterocycles. The highest BCUT2D eigenvalue weighted by Crippen LogP contribution is 2.03. The summed E-state index contributed by atoms with van der Waals surface area (Å²) in [5, 5.41) is 0. The van der Waals surface area contributed by atoms with Crippen molar-refractivity contribution in [3.63, 3.8) is 0 Å². The van der Waals surface area contributed by atoms with Gasteiger partial charge in [-0.1, -0.05) is 6.08 Å². The van der Waals surface area contributed by atoms with Crippen molar-refractivity contribution in [2.75, 3.05) is 6.54 Å². The van der Waals surface area contributed by atoms with E-state index in [-0.39, 0.29) is 5.54 Å². The van der Waals surface area contributed by atoms with Crippen LogP contribution in [0.3, 0.4) is 0 Å². The molecule has 0 fully saturated rings. The monoisotopic (exact) mass is 110 g/mol. The second kappa shape index (κ2) is 1.71. The molecule has 2 nitrogen and oxygen atoms in total. The van der Waals surface area contributed by atoms with Gasteiger partial charge in [-0.15, -0.1) is 0 Å². The molecule has 2 heteroatoms. The summed E-state index contributed by atoms with van der Waals surface area (Å²) in [5.41, 5.74) is 5.48. The molecule has 0 spiro atoms. The van der Waals surface area contributed by atoms with Gasteiger partial charge in [-0.3, -0.25) is 4.99 Å². The average molecular weight is 110 g/mol. The van der Waals surface area contributed by atoms with Crippen molar-refractivity contribution >= 4 is 6.21 Å². The van der Waals surface area contributed by atoms with Crippen LogP contribution >= 0.6 is 0 Å². The molecule has 0 saturated carbocycles. The highest BCUT2D eigenvalue weighted by atomic mass is 14.8. The minimum Gasteiger partial charge on any atom is -0.321 e. The van der Waals surface area contributed by atoms with Crippen molar-refractivity contribution in [3.05, 3.63) is 12.2 Å². The van der Waals surface area contributed by atoms with Crippen molar-refractivity contribution in [3.8, 4) is 0 Å². The SMILES string of the molecule is CC1(N)C=CC=NC1. The van der Waals surface area contributed by atoms with E-state index in [1.807, 2.05) is 19.1 Å². The van der Waals surface area contributed by atoms with Crippen LogP contribution in [0.1, 0.15) is 6.92 Å². The van der Waals surface area contributed by atoms with Crippen LogP contribution in [-0.2, 0) is 0 Å². The number of nitrogens with two attached hydrogens (primary N) is 1. The molecule has 2 N–H and O–H groups in total. The Morgan fingerprint density at radius 2 is 2.50 bits per heavy atom. The maximum absolute atomic E-state index is 5.68. The molecular formula is C6H10N2. The standard InChI is InChI=1S/C6H10N2/c1-6(7)3-2-4-8-5-6/h2-4H,5,7H2,1H3. The summed E-state index contributed by atoms with van der Waals surface area (Å²) < 4.78 is 0. The Bertz CT molecular complexity index is 133. The van der Waals surface area contributed by atoms with E-state index in [1.54, 1.807) is 6.21 Å². The third-order valence-electron chi connectivity index (χ3n) is 1.10. The Kier molecular flexibility index (Phi) is 1.18. The predicted molar refractivity (Wildman–Crippen MR) is 35.1 cm³/mol. The Morgan fingerprint density at radius 3 is 2.75 bits per heavy atom. The molecule has 1 aliphatic rings. The van der Waals surface area contributed by atoms with Crippen LogP contribution in [0.4, 0.5) is 0 Å². The van der Waals surface area contributed by atoms with E-state index >= 15 is 0 Å². The summed E-state index contributed by atoms with van der Waals surface area (Å²) in [6.45, 7) is 2.67. The van der Waals surface area contributed by atoms with E-state index in [0.29, 0.717) is 6.54 Å². The Hall–Kier alpha value is -0.630. The number of nitrogens with zero attached hydrogens (tertiary/aromatic N) is 1. The maximum Gasteiger partial charge on any atom is 0.0602 e. The fraction of sp³-hybridized carbons (Fsp3) is 0.500. The smallest absolute Gasteiger partial charge is 0.0602 e. The van der Waals surface area contributed by atoms with Gasteiger partial charge in [0.15, 0.2) is 0 Å². The van der Waals surface area contributed by atoms with Crippen LogP contribution in [0, 0.1) is 0 Å². The highest BCUT2D eigenvalue weighted by Gasteiger charge is 2.13. The van der Waals surface area contributed by atoms with Gasteiger partial charge in [0, 0.05) is 6.21 Å². The van der Waals surface area contributed by atoms with Gasteiger partial charge in [-0.25, -0.2) is 0 Å². The molecule has 0 bridgehead atoms. The first kappa shape index (κ1) is 5.51.